The Kier molecular flexibility index (Phi) is 18.5. The minimum Gasteiger partial charge on any atom is -0.508 e. The van der Waals surface area contributed by atoms with Crippen molar-refractivity contribution in [2.75, 3.05) is 26.2 Å². The number of hydrogen-bond acceptors (Lipinski definition) is 14. The number of rotatable bonds is 10. The number of aliphatic hydroxyl groups is 2. The van der Waals surface area contributed by atoms with Crippen LogP contribution in [0.2, 0.25) is 0 Å². The van der Waals surface area contributed by atoms with Crippen LogP contribution in [0.25, 0.3) is 10.9 Å². The molecule has 2 aliphatic heterocycles. The second-order valence-corrected chi connectivity index (χ2v) is 17.8. The number of primary amides is 1. The van der Waals surface area contributed by atoms with E-state index in [0.717, 1.165) is 4.90 Å². The molecule has 352 valence electrons. The Morgan fingerprint density at radius 3 is 2.16 bits per heavy atom. The van der Waals surface area contributed by atoms with E-state index in [1.165, 1.54) is 25.1 Å². The fourth-order valence-electron chi connectivity index (χ4n) is 7.38. The van der Waals surface area contributed by atoms with Crippen molar-refractivity contribution >= 4 is 98.7 Å². The van der Waals surface area contributed by atoms with Crippen molar-refractivity contribution in [2.24, 2.45) is 23.5 Å². The molecule has 2 aromatic rings. The zero-order valence-electron chi connectivity index (χ0n) is 35.4. The van der Waals surface area contributed by atoms with Gasteiger partial charge in [-0.3, -0.25) is 43.2 Å². The maximum absolute atomic E-state index is 14.4. The molecule has 4 rings (SSSR count). The van der Waals surface area contributed by atoms with Crippen molar-refractivity contribution in [3.8, 4) is 5.75 Å². The molecular weight excluding hydrogens is 975 g/mol. The van der Waals surface area contributed by atoms with Gasteiger partial charge < -0.3 is 72.7 Å². The van der Waals surface area contributed by atoms with Gasteiger partial charge in [0.25, 0.3) is 5.91 Å². The summed E-state index contributed by atoms with van der Waals surface area (Å²) in [6, 6.07) is -3.19. The number of nitrogens with one attached hydrogen (secondary N) is 8. The molecule has 2 fully saturated rings. The zero-order valence-corrected chi connectivity index (χ0v) is 38.4. The average molecular weight is 1030 g/mol. The molecule has 3 heterocycles. The first kappa shape index (κ1) is 51.4. The minimum absolute atomic E-state index is 0.0411. The Hall–Kier alpha value is -5.25. The smallest absolute Gasteiger partial charge is 0.253 e. The summed E-state index contributed by atoms with van der Waals surface area (Å²) in [5, 5.41) is 48.6. The first-order valence-electron chi connectivity index (χ1n) is 20.4. The highest BCUT2D eigenvalue weighted by molar-refractivity contribution is 14.1. The number of carbonyl (C=O) groups is 9. The molecule has 1 aromatic heterocycles. The van der Waals surface area contributed by atoms with Gasteiger partial charge in [0.15, 0.2) is 4.05 Å². The van der Waals surface area contributed by atoms with Crippen molar-refractivity contribution in [2.45, 2.75) is 98.8 Å². The molecule has 0 radical (unpaired) electrons. The Balaban J connectivity index is 1.79. The van der Waals surface area contributed by atoms with Gasteiger partial charge in [0.05, 0.1) is 37.7 Å². The van der Waals surface area contributed by atoms with Gasteiger partial charge in [-0.05, 0) is 58.5 Å². The Labute approximate surface area is 385 Å². The van der Waals surface area contributed by atoms with Crippen molar-refractivity contribution < 1.29 is 63.0 Å². The summed E-state index contributed by atoms with van der Waals surface area (Å²) in [6.45, 7) is 4.21. The van der Waals surface area contributed by atoms with Crippen LogP contribution in [0.3, 0.4) is 0 Å². The molecule has 3 unspecified atom stereocenters. The Morgan fingerprint density at radius 1 is 0.891 bits per heavy atom. The number of halogens is 1. The Morgan fingerprint density at radius 2 is 1.53 bits per heavy atom. The number of phenolic OH excluding ortho intramolecular Hbond substituents is 1. The second kappa shape index (κ2) is 23.1. The van der Waals surface area contributed by atoms with Crippen molar-refractivity contribution in [1.29, 1.82) is 0 Å². The van der Waals surface area contributed by atoms with Crippen LogP contribution in [-0.4, -0.2) is 150 Å². The number of aromatic nitrogens is 1. The third kappa shape index (κ3) is 13.2. The molecular formula is C39H55IN10O13S. The number of fused-ring (bicyclic) bond motifs is 2. The standard InChI is InChI=1S/C39H55IN10O13S/c1-5-17(3)30-35(59)43-13-29(56)48-32(40)37(61)45-24(11-27(41)54)39(62)50-14-16(2)8-25(50)34(58)49-31(18(4)26(53)15-51)36(60)44-23(33(57)42-12-28(55)47-30)10-21-20-7-6-19(52)9-22(20)46-38(21)64-63/h6-7,9,16-18,23-26,30-32,46,51-53,63H,5,8,10-15H2,1-4H3,(H2,41,54)(H,42,57)(H,43,59)(H,44,60)(H,45,61)(H,47,55)(H,48,56)(H,49,58)/t16?,17-,18-,23?,24-,25-,26-,30-,31-,32?/m0/s1. The third-order valence-corrected chi connectivity index (χ3v) is 12.6. The van der Waals surface area contributed by atoms with E-state index in [2.05, 4.69) is 42.2 Å². The summed E-state index contributed by atoms with van der Waals surface area (Å²) in [7, 11) is 0. The van der Waals surface area contributed by atoms with Crippen LogP contribution >= 0.6 is 34.6 Å². The number of benzene rings is 1. The summed E-state index contributed by atoms with van der Waals surface area (Å²) in [5.74, 6) is -10.3. The number of carbonyl (C=O) groups excluding carboxylic acids is 9. The molecule has 2 saturated heterocycles. The number of aromatic amines is 1. The van der Waals surface area contributed by atoms with Gasteiger partial charge in [0, 0.05) is 42.4 Å². The molecule has 14 N–H and O–H groups in total. The number of nitrogens with two attached hydrogens (primary N) is 1. The van der Waals surface area contributed by atoms with Crippen molar-refractivity contribution in [3.05, 3.63) is 23.8 Å². The highest BCUT2D eigenvalue weighted by Crippen LogP contribution is 2.32. The van der Waals surface area contributed by atoms with Crippen molar-refractivity contribution in [1.82, 2.24) is 47.1 Å². The largest absolute Gasteiger partial charge is 0.508 e. The lowest BCUT2D eigenvalue weighted by Gasteiger charge is -2.32. The van der Waals surface area contributed by atoms with E-state index in [-0.39, 0.29) is 48.1 Å². The van der Waals surface area contributed by atoms with Crippen LogP contribution < -0.4 is 43.0 Å². The number of aliphatic hydroxyl groups excluding tert-OH is 2. The lowest BCUT2D eigenvalue weighted by Crippen LogP contribution is -2.61. The Bertz CT molecular complexity index is 2110. The molecule has 25 heteroatoms. The average Bonchev–Trinajstić information content (AvgIpc) is 3.82. The predicted octanol–water partition coefficient (Wildman–Crippen LogP) is -2.81. The van der Waals surface area contributed by atoms with Crippen molar-refractivity contribution in [3.63, 3.8) is 0 Å². The molecule has 1 aromatic carbocycles. The minimum atomic E-state index is -1.70. The quantitative estimate of drug-likeness (QED) is 0.0495. The predicted molar refractivity (Wildman–Crippen MR) is 237 cm³/mol. The molecule has 10 atom stereocenters. The normalized spacial score (nSPS) is 26.5. The summed E-state index contributed by atoms with van der Waals surface area (Å²) in [4.78, 5) is 126. The maximum Gasteiger partial charge on any atom is 0.253 e. The lowest BCUT2D eigenvalue weighted by molar-refractivity contribution is -0.143. The molecule has 0 spiro atoms. The molecule has 2 aliphatic rings. The molecule has 0 bridgehead atoms. The number of phenols is 1. The molecule has 9 amide bonds. The first-order chi connectivity index (χ1) is 30.2. The molecule has 0 saturated carbocycles. The van der Waals surface area contributed by atoms with Crippen LogP contribution in [0.1, 0.15) is 52.5 Å². The molecule has 0 aliphatic carbocycles. The third-order valence-electron chi connectivity index (χ3n) is 11.2. The van der Waals surface area contributed by atoms with Gasteiger partial charge in [-0.1, -0.05) is 34.1 Å². The number of aromatic hydroxyl groups is 1. The van der Waals surface area contributed by atoms with Gasteiger partial charge in [0.2, 0.25) is 47.3 Å². The molecule has 23 nitrogen and oxygen atoms in total. The van der Waals surface area contributed by atoms with E-state index in [1.54, 1.807) is 43.4 Å². The highest BCUT2D eigenvalue weighted by Gasteiger charge is 2.44. The first-order valence-corrected chi connectivity index (χ1v) is 22.4. The van der Waals surface area contributed by atoms with E-state index in [4.69, 9.17) is 5.73 Å². The van der Waals surface area contributed by atoms with E-state index < -0.39 is 131 Å². The maximum atomic E-state index is 14.4. The van der Waals surface area contributed by atoms with Gasteiger partial charge >= 0.3 is 0 Å². The van der Waals surface area contributed by atoms with Gasteiger partial charge in [-0.15, -0.1) is 0 Å². The van der Waals surface area contributed by atoms with Crippen LogP contribution in [0.15, 0.2) is 23.2 Å². The van der Waals surface area contributed by atoms with E-state index in [9.17, 15) is 63.0 Å². The summed E-state index contributed by atoms with van der Waals surface area (Å²) < 4.78 is 8.84. The van der Waals surface area contributed by atoms with E-state index in [1.807, 2.05) is 0 Å². The van der Waals surface area contributed by atoms with Crippen LogP contribution in [0.5, 0.6) is 5.75 Å². The number of alkyl halides is 1. The number of H-pyrrole nitrogens is 1. The summed E-state index contributed by atoms with van der Waals surface area (Å²) >= 11 is 1.84. The van der Waals surface area contributed by atoms with Crippen LogP contribution in [-0.2, 0) is 49.6 Å². The van der Waals surface area contributed by atoms with Gasteiger partial charge in [-0.2, -0.15) is 0 Å². The highest BCUT2D eigenvalue weighted by atomic mass is 127. The number of nitrogens with zero attached hydrogens (tertiary/aromatic N) is 1. The summed E-state index contributed by atoms with van der Waals surface area (Å²) in [5.41, 5.74) is 6.10. The fraction of sp³-hybridized carbons (Fsp3) is 0.564. The fourth-order valence-corrected chi connectivity index (χ4v) is 8.37. The lowest BCUT2D eigenvalue weighted by atomic mass is 9.93. The van der Waals surface area contributed by atoms with Gasteiger partial charge in [-0.25, -0.2) is 0 Å². The van der Waals surface area contributed by atoms with E-state index >= 15 is 0 Å². The monoisotopic (exact) mass is 1030 g/mol. The summed E-state index contributed by atoms with van der Waals surface area (Å²) in [6.07, 6.45) is -2.25. The SMILES string of the molecule is CC[C@H](C)[C@@H]1NC(=O)CNC(=O)C(Cc2c(SO)[nH]c3cc(O)ccc23)NC(=O)[C@H]([C@@H](C)[C@@H](O)CO)NC(=O)[C@@H]2CC(C)CN2C(=O)[C@H](CC(N)=O)NC(=O)C(I)NC(=O)CNC1=O. The zero-order chi connectivity index (χ0) is 47.6. The number of hydrogen-bond donors (Lipinski definition) is 13. The van der Waals surface area contributed by atoms with Crippen LogP contribution in [0.4, 0.5) is 0 Å². The van der Waals surface area contributed by atoms with E-state index in [0.29, 0.717) is 22.9 Å². The topological polar surface area (TPSA) is 364 Å². The van der Waals surface area contributed by atoms with Crippen LogP contribution in [0, 0.1) is 17.8 Å². The van der Waals surface area contributed by atoms with Gasteiger partial charge in [0.1, 0.15) is 41.0 Å². The second-order valence-electron chi connectivity index (χ2n) is 16.0. The molecule has 64 heavy (non-hydrogen) atoms. The number of amides is 9.